The summed E-state index contributed by atoms with van der Waals surface area (Å²) in [6, 6.07) is 6.48. The Kier molecular flexibility index (Phi) is 3.43. The predicted molar refractivity (Wildman–Crippen MR) is 86.1 cm³/mol. The molecule has 6 heteroatoms. The lowest BCUT2D eigenvalue weighted by atomic mass is 10.1. The molecule has 2 aromatic rings. The lowest BCUT2D eigenvalue weighted by Gasteiger charge is -2.23. The zero-order valence-electron chi connectivity index (χ0n) is 13.6. The van der Waals surface area contributed by atoms with Gasteiger partial charge in [0.15, 0.2) is 17.3 Å². The van der Waals surface area contributed by atoms with Crippen LogP contribution in [0.25, 0.3) is 0 Å². The Morgan fingerprint density at radius 3 is 2.83 bits per heavy atom. The van der Waals surface area contributed by atoms with Crippen molar-refractivity contribution in [3.8, 4) is 11.5 Å². The van der Waals surface area contributed by atoms with E-state index in [4.69, 9.17) is 14.0 Å². The summed E-state index contributed by atoms with van der Waals surface area (Å²) < 4.78 is 16.7. The van der Waals surface area contributed by atoms with E-state index in [-0.39, 0.29) is 6.04 Å². The van der Waals surface area contributed by atoms with Crippen molar-refractivity contribution in [2.45, 2.75) is 44.2 Å². The first kappa shape index (κ1) is 14.3. The van der Waals surface area contributed by atoms with Crippen molar-refractivity contribution in [1.29, 1.82) is 0 Å². The minimum atomic E-state index is 0.259. The second kappa shape index (κ2) is 5.77. The Hall–Kier alpha value is -2.08. The zero-order chi connectivity index (χ0) is 15.9. The van der Waals surface area contributed by atoms with Crippen molar-refractivity contribution in [2.75, 3.05) is 19.8 Å². The first-order valence-electron chi connectivity index (χ1n) is 8.83. The molecule has 2 aliphatic heterocycles. The summed E-state index contributed by atoms with van der Waals surface area (Å²) in [7, 11) is 0. The van der Waals surface area contributed by atoms with E-state index in [9.17, 15) is 0 Å². The molecule has 3 aliphatic rings. The van der Waals surface area contributed by atoms with E-state index in [0.29, 0.717) is 19.1 Å². The Morgan fingerprint density at radius 2 is 1.96 bits per heavy atom. The standard InChI is InChI=1S/C18H21N3O3/c1-2-14(17-19-18(24-20-17)13-4-5-13)21(7-1)11-12-3-6-15-16(10-12)23-9-8-22-15/h3,6,10,13-14H,1-2,4-5,7-9,11H2/t14-/m0/s1. The minimum Gasteiger partial charge on any atom is -0.486 e. The molecule has 1 aromatic carbocycles. The number of ether oxygens (including phenoxy) is 2. The van der Waals surface area contributed by atoms with Gasteiger partial charge in [-0.25, -0.2) is 0 Å². The molecule has 5 rings (SSSR count). The smallest absolute Gasteiger partial charge is 0.229 e. The van der Waals surface area contributed by atoms with Crippen molar-refractivity contribution >= 4 is 0 Å². The quantitative estimate of drug-likeness (QED) is 0.860. The molecule has 0 unspecified atom stereocenters. The molecular weight excluding hydrogens is 306 g/mol. The molecule has 1 atom stereocenters. The second-order valence-corrected chi connectivity index (χ2v) is 6.87. The maximum absolute atomic E-state index is 5.69. The van der Waals surface area contributed by atoms with Crippen LogP contribution in [0.3, 0.4) is 0 Å². The Balaban J connectivity index is 1.33. The molecule has 24 heavy (non-hydrogen) atoms. The molecular formula is C18H21N3O3. The lowest BCUT2D eigenvalue weighted by molar-refractivity contribution is 0.170. The molecule has 1 saturated carbocycles. The van der Waals surface area contributed by atoms with E-state index in [2.05, 4.69) is 27.2 Å². The van der Waals surface area contributed by atoms with E-state index in [1.807, 2.05) is 6.07 Å². The number of benzene rings is 1. The first-order valence-corrected chi connectivity index (χ1v) is 8.83. The van der Waals surface area contributed by atoms with Gasteiger partial charge in [-0.1, -0.05) is 11.2 Å². The summed E-state index contributed by atoms with van der Waals surface area (Å²) >= 11 is 0. The van der Waals surface area contributed by atoms with Crippen LogP contribution in [0.2, 0.25) is 0 Å². The van der Waals surface area contributed by atoms with Gasteiger partial charge in [-0.2, -0.15) is 4.98 Å². The van der Waals surface area contributed by atoms with Gasteiger partial charge in [0, 0.05) is 12.5 Å². The van der Waals surface area contributed by atoms with Crippen molar-refractivity contribution in [3.63, 3.8) is 0 Å². The first-order chi connectivity index (χ1) is 11.9. The summed E-state index contributed by atoms with van der Waals surface area (Å²) in [6.07, 6.45) is 4.64. The summed E-state index contributed by atoms with van der Waals surface area (Å²) in [6.45, 7) is 3.18. The van der Waals surface area contributed by atoms with Crippen LogP contribution in [0, 0.1) is 0 Å². The molecule has 3 heterocycles. The van der Waals surface area contributed by atoms with Gasteiger partial charge in [-0.3, -0.25) is 4.90 Å². The van der Waals surface area contributed by atoms with Crippen molar-refractivity contribution in [1.82, 2.24) is 15.0 Å². The predicted octanol–water partition coefficient (Wildman–Crippen LogP) is 3.06. The van der Waals surface area contributed by atoms with Gasteiger partial charge in [-0.05, 0) is 49.9 Å². The molecule has 1 aromatic heterocycles. The molecule has 0 radical (unpaired) electrons. The minimum absolute atomic E-state index is 0.259. The third kappa shape index (κ3) is 2.65. The number of fused-ring (bicyclic) bond motifs is 1. The van der Waals surface area contributed by atoms with Gasteiger partial charge < -0.3 is 14.0 Å². The van der Waals surface area contributed by atoms with Crippen LogP contribution < -0.4 is 9.47 Å². The van der Waals surface area contributed by atoms with E-state index in [1.54, 1.807) is 0 Å². The lowest BCUT2D eigenvalue weighted by Crippen LogP contribution is -2.24. The zero-order valence-corrected chi connectivity index (χ0v) is 13.6. The molecule has 0 bridgehead atoms. The fourth-order valence-electron chi connectivity index (χ4n) is 3.61. The van der Waals surface area contributed by atoms with Gasteiger partial charge in [0.25, 0.3) is 0 Å². The van der Waals surface area contributed by atoms with Crippen molar-refractivity contribution in [2.24, 2.45) is 0 Å². The molecule has 126 valence electrons. The third-order valence-electron chi connectivity index (χ3n) is 5.04. The normalized spacial score (nSPS) is 23.6. The number of rotatable bonds is 4. The van der Waals surface area contributed by atoms with Gasteiger partial charge >= 0.3 is 0 Å². The summed E-state index contributed by atoms with van der Waals surface area (Å²) in [4.78, 5) is 7.09. The SMILES string of the molecule is c1cc2c(cc1CN1CCC[C@H]1c1noc(C3CC3)n1)OCCO2. The van der Waals surface area contributed by atoms with Crippen LogP contribution in [-0.2, 0) is 6.54 Å². The van der Waals surface area contributed by atoms with Crippen LogP contribution in [0.15, 0.2) is 22.7 Å². The van der Waals surface area contributed by atoms with Crippen LogP contribution in [-0.4, -0.2) is 34.8 Å². The number of aromatic nitrogens is 2. The topological polar surface area (TPSA) is 60.6 Å². The highest BCUT2D eigenvalue weighted by molar-refractivity contribution is 5.43. The number of hydrogen-bond acceptors (Lipinski definition) is 6. The fraction of sp³-hybridized carbons (Fsp3) is 0.556. The fourth-order valence-corrected chi connectivity index (χ4v) is 3.61. The van der Waals surface area contributed by atoms with E-state index >= 15 is 0 Å². The Labute approximate surface area is 140 Å². The van der Waals surface area contributed by atoms with Crippen LogP contribution in [0.5, 0.6) is 11.5 Å². The monoisotopic (exact) mass is 327 g/mol. The molecule has 0 amide bonds. The van der Waals surface area contributed by atoms with Crippen LogP contribution in [0.1, 0.15) is 54.9 Å². The van der Waals surface area contributed by atoms with E-state index in [1.165, 1.54) is 24.8 Å². The third-order valence-corrected chi connectivity index (χ3v) is 5.04. The van der Waals surface area contributed by atoms with Gasteiger partial charge in [0.2, 0.25) is 5.89 Å². The number of nitrogens with zero attached hydrogens (tertiary/aromatic N) is 3. The summed E-state index contributed by atoms with van der Waals surface area (Å²) in [5, 5.41) is 4.25. The molecule has 6 nitrogen and oxygen atoms in total. The summed E-state index contributed by atoms with van der Waals surface area (Å²) in [5.74, 6) is 3.89. The average Bonchev–Trinajstić information content (AvgIpc) is 3.16. The highest BCUT2D eigenvalue weighted by Crippen LogP contribution is 2.40. The Bertz CT molecular complexity index is 741. The second-order valence-electron chi connectivity index (χ2n) is 6.87. The molecule has 1 saturated heterocycles. The van der Waals surface area contributed by atoms with Crippen molar-refractivity contribution in [3.05, 3.63) is 35.5 Å². The van der Waals surface area contributed by atoms with Gasteiger partial charge in [-0.15, -0.1) is 0 Å². The van der Waals surface area contributed by atoms with Gasteiger partial charge in [0.05, 0.1) is 6.04 Å². The molecule has 0 spiro atoms. The molecule has 0 N–H and O–H groups in total. The molecule has 2 fully saturated rings. The highest BCUT2D eigenvalue weighted by atomic mass is 16.6. The summed E-state index contributed by atoms with van der Waals surface area (Å²) in [5.41, 5.74) is 1.23. The highest BCUT2D eigenvalue weighted by Gasteiger charge is 2.34. The Morgan fingerprint density at radius 1 is 1.08 bits per heavy atom. The van der Waals surface area contributed by atoms with Gasteiger partial charge in [0.1, 0.15) is 13.2 Å². The van der Waals surface area contributed by atoms with E-state index < -0.39 is 0 Å². The van der Waals surface area contributed by atoms with Crippen molar-refractivity contribution < 1.29 is 14.0 Å². The maximum Gasteiger partial charge on any atom is 0.229 e. The number of hydrogen-bond donors (Lipinski definition) is 0. The van der Waals surface area contributed by atoms with Crippen LogP contribution in [0.4, 0.5) is 0 Å². The number of likely N-dealkylation sites (tertiary alicyclic amines) is 1. The average molecular weight is 327 g/mol. The molecule has 1 aliphatic carbocycles. The van der Waals surface area contributed by atoms with Crippen LogP contribution >= 0.6 is 0 Å². The van der Waals surface area contributed by atoms with E-state index in [0.717, 1.165) is 42.7 Å². The maximum atomic E-state index is 5.69. The largest absolute Gasteiger partial charge is 0.486 e.